The smallest absolute Gasteiger partial charge is 0.229 e. The van der Waals surface area contributed by atoms with Gasteiger partial charge in [-0.2, -0.15) is 0 Å². The highest BCUT2D eigenvalue weighted by Crippen LogP contribution is 2.47. The summed E-state index contributed by atoms with van der Waals surface area (Å²) in [5, 5.41) is 3.68. The van der Waals surface area contributed by atoms with Crippen LogP contribution in [0.3, 0.4) is 0 Å². The van der Waals surface area contributed by atoms with E-state index in [1.807, 2.05) is 36.4 Å². The van der Waals surface area contributed by atoms with Gasteiger partial charge in [0.25, 0.3) is 0 Å². The minimum atomic E-state index is -0.398. The molecule has 0 saturated carbocycles. The molecule has 1 N–H and O–H groups in total. The van der Waals surface area contributed by atoms with Crippen LogP contribution in [0.4, 0.5) is 0 Å². The summed E-state index contributed by atoms with van der Waals surface area (Å²) >= 11 is 0. The zero-order valence-corrected chi connectivity index (χ0v) is 18.3. The van der Waals surface area contributed by atoms with E-state index in [4.69, 9.17) is 4.74 Å². The molecule has 0 spiro atoms. The lowest BCUT2D eigenvalue weighted by molar-refractivity contribution is -0.137. The predicted octanol–water partition coefficient (Wildman–Crippen LogP) is 4.96. The highest BCUT2D eigenvalue weighted by atomic mass is 16.5. The van der Waals surface area contributed by atoms with Gasteiger partial charge >= 0.3 is 0 Å². The molecule has 2 fully saturated rings. The van der Waals surface area contributed by atoms with Crippen molar-refractivity contribution in [2.45, 2.75) is 44.9 Å². The van der Waals surface area contributed by atoms with Crippen LogP contribution in [0, 0.1) is 12.3 Å². The Morgan fingerprint density at radius 2 is 1.90 bits per heavy atom. The molecule has 0 radical (unpaired) electrons. The molecule has 4 heteroatoms. The molecule has 2 aromatic carbocycles. The summed E-state index contributed by atoms with van der Waals surface area (Å²) in [6.45, 7) is 12.1. The number of ether oxygens (including phenoxy) is 1. The monoisotopic (exact) mass is 416 g/mol. The normalized spacial score (nSPS) is 22.1. The van der Waals surface area contributed by atoms with Crippen LogP contribution < -0.4 is 10.1 Å². The Balaban J connectivity index is 1.54. The van der Waals surface area contributed by atoms with Crippen molar-refractivity contribution in [3.05, 3.63) is 90.5 Å². The second-order valence-electron chi connectivity index (χ2n) is 8.76. The largest absolute Gasteiger partial charge is 0.489 e. The third-order valence-corrected chi connectivity index (χ3v) is 6.71. The molecule has 0 aliphatic carbocycles. The van der Waals surface area contributed by atoms with E-state index in [1.54, 1.807) is 0 Å². The molecule has 2 aromatic rings. The summed E-state index contributed by atoms with van der Waals surface area (Å²) in [5.41, 5.74) is 3.18. The quantitative estimate of drug-likeness (QED) is 0.619. The van der Waals surface area contributed by atoms with Gasteiger partial charge in [0.15, 0.2) is 0 Å². The van der Waals surface area contributed by atoms with Crippen LogP contribution in [0.25, 0.3) is 0 Å². The molecule has 0 unspecified atom stereocenters. The van der Waals surface area contributed by atoms with Crippen molar-refractivity contribution in [1.82, 2.24) is 10.2 Å². The van der Waals surface area contributed by atoms with Crippen molar-refractivity contribution in [1.29, 1.82) is 0 Å². The zero-order chi connectivity index (χ0) is 21.8. The highest BCUT2D eigenvalue weighted by molar-refractivity contribution is 5.86. The van der Waals surface area contributed by atoms with Crippen LogP contribution >= 0.6 is 0 Å². The number of carbonyl (C=O) groups is 1. The third-order valence-electron chi connectivity index (χ3n) is 6.71. The second kappa shape index (κ2) is 9.11. The minimum absolute atomic E-state index is 0.123. The molecular formula is C27H32N2O2. The Labute approximate surface area is 185 Å². The fraction of sp³-hybridized carbons (Fsp3) is 0.370. The summed E-state index contributed by atoms with van der Waals surface area (Å²) in [5.74, 6) is 1.12. The lowest BCUT2D eigenvalue weighted by Crippen LogP contribution is -2.51. The van der Waals surface area contributed by atoms with Gasteiger partial charge in [-0.25, -0.2) is 0 Å². The molecule has 1 amide bonds. The van der Waals surface area contributed by atoms with Gasteiger partial charge in [-0.1, -0.05) is 48.6 Å². The standard InChI is InChI=1S/C27H32N2O2/c1-4-13-27(14-5-2)18-24-25(28-15-16-29(24)26(27)30)23-12-11-22(17-20(23)3)31-19-21-9-7-6-8-10-21/h4-12,17,24-25,28H,1-2,13-16,18-19H2,3H3/t24-,25-/m0/s1. The molecule has 2 aliphatic rings. The number of nitrogens with zero attached hydrogens (tertiary/aromatic N) is 1. The number of amides is 1. The number of carbonyl (C=O) groups excluding carboxylic acids is 1. The maximum atomic E-state index is 13.4. The first kappa shape index (κ1) is 21.4. The van der Waals surface area contributed by atoms with Crippen molar-refractivity contribution < 1.29 is 9.53 Å². The average Bonchev–Trinajstić information content (AvgIpc) is 3.05. The van der Waals surface area contributed by atoms with E-state index in [-0.39, 0.29) is 18.0 Å². The molecule has 2 heterocycles. The molecule has 2 aliphatic heterocycles. The summed E-state index contributed by atoms with van der Waals surface area (Å²) < 4.78 is 6.01. The van der Waals surface area contributed by atoms with Crippen LogP contribution in [-0.2, 0) is 11.4 Å². The molecule has 2 atom stereocenters. The Hall–Kier alpha value is -2.85. The Morgan fingerprint density at radius 3 is 2.58 bits per heavy atom. The predicted molar refractivity (Wildman–Crippen MR) is 125 cm³/mol. The molecule has 4 nitrogen and oxygen atoms in total. The van der Waals surface area contributed by atoms with Gasteiger partial charge in [0, 0.05) is 13.1 Å². The van der Waals surface area contributed by atoms with E-state index < -0.39 is 5.41 Å². The van der Waals surface area contributed by atoms with Crippen LogP contribution in [-0.4, -0.2) is 29.9 Å². The van der Waals surface area contributed by atoms with Gasteiger partial charge in [0.1, 0.15) is 12.4 Å². The number of hydrogen-bond donors (Lipinski definition) is 1. The van der Waals surface area contributed by atoms with Crippen LogP contribution in [0.5, 0.6) is 5.75 Å². The van der Waals surface area contributed by atoms with E-state index in [2.05, 4.69) is 54.6 Å². The van der Waals surface area contributed by atoms with Crippen molar-refractivity contribution in [3.8, 4) is 5.75 Å². The van der Waals surface area contributed by atoms with Gasteiger partial charge in [-0.3, -0.25) is 4.79 Å². The van der Waals surface area contributed by atoms with E-state index in [1.165, 1.54) is 11.1 Å². The van der Waals surface area contributed by atoms with Gasteiger partial charge in [0.2, 0.25) is 5.91 Å². The van der Waals surface area contributed by atoms with E-state index in [9.17, 15) is 4.79 Å². The Kier molecular flexibility index (Phi) is 6.28. The summed E-state index contributed by atoms with van der Waals surface area (Å²) in [4.78, 5) is 15.5. The summed E-state index contributed by atoms with van der Waals surface area (Å²) in [6.07, 6.45) is 5.98. The van der Waals surface area contributed by atoms with Crippen LogP contribution in [0.15, 0.2) is 73.8 Å². The number of rotatable bonds is 8. The van der Waals surface area contributed by atoms with Gasteiger partial charge in [0.05, 0.1) is 17.5 Å². The van der Waals surface area contributed by atoms with Crippen LogP contribution in [0.2, 0.25) is 0 Å². The second-order valence-corrected chi connectivity index (χ2v) is 8.76. The first-order valence-corrected chi connectivity index (χ1v) is 11.1. The fourth-order valence-corrected chi connectivity index (χ4v) is 5.22. The maximum absolute atomic E-state index is 13.4. The summed E-state index contributed by atoms with van der Waals surface area (Å²) in [7, 11) is 0. The molecular weight excluding hydrogens is 384 g/mol. The molecule has 4 rings (SSSR count). The first-order chi connectivity index (χ1) is 15.1. The van der Waals surface area contributed by atoms with E-state index >= 15 is 0 Å². The number of benzene rings is 2. The molecule has 0 aromatic heterocycles. The number of aryl methyl sites for hydroxylation is 1. The van der Waals surface area contributed by atoms with Gasteiger partial charge < -0.3 is 15.0 Å². The van der Waals surface area contributed by atoms with Crippen molar-refractivity contribution in [2.75, 3.05) is 13.1 Å². The number of hydrogen-bond acceptors (Lipinski definition) is 3. The zero-order valence-electron chi connectivity index (χ0n) is 18.3. The average molecular weight is 417 g/mol. The molecule has 162 valence electrons. The summed E-state index contributed by atoms with van der Waals surface area (Å²) in [6, 6.07) is 16.8. The highest BCUT2D eigenvalue weighted by Gasteiger charge is 2.53. The molecule has 2 saturated heterocycles. The number of allylic oxidation sites excluding steroid dienone is 2. The number of piperazine rings is 1. The number of fused-ring (bicyclic) bond motifs is 1. The SMILES string of the molecule is C=CCC1(CC=C)C[C@H]2[C@H](c3ccc(OCc4ccccc4)cc3C)NCCN2C1=O. The van der Waals surface area contributed by atoms with Gasteiger partial charge in [-0.15, -0.1) is 13.2 Å². The van der Waals surface area contributed by atoms with E-state index in [0.29, 0.717) is 19.4 Å². The lowest BCUT2D eigenvalue weighted by Gasteiger charge is -2.38. The first-order valence-electron chi connectivity index (χ1n) is 11.1. The number of nitrogens with one attached hydrogen (secondary N) is 1. The van der Waals surface area contributed by atoms with Crippen molar-refractivity contribution in [2.24, 2.45) is 5.41 Å². The molecule has 0 bridgehead atoms. The Morgan fingerprint density at radius 1 is 1.16 bits per heavy atom. The van der Waals surface area contributed by atoms with Gasteiger partial charge in [-0.05, 0) is 55.0 Å². The minimum Gasteiger partial charge on any atom is -0.489 e. The lowest BCUT2D eigenvalue weighted by atomic mass is 9.77. The Bertz CT molecular complexity index is 943. The van der Waals surface area contributed by atoms with Crippen molar-refractivity contribution in [3.63, 3.8) is 0 Å². The fourth-order valence-electron chi connectivity index (χ4n) is 5.22. The molecule has 31 heavy (non-hydrogen) atoms. The van der Waals surface area contributed by atoms with Crippen molar-refractivity contribution >= 4 is 5.91 Å². The maximum Gasteiger partial charge on any atom is 0.229 e. The third kappa shape index (κ3) is 4.17. The topological polar surface area (TPSA) is 41.6 Å². The van der Waals surface area contributed by atoms with Crippen LogP contribution in [0.1, 0.15) is 42.0 Å². The van der Waals surface area contributed by atoms with E-state index in [0.717, 1.165) is 30.8 Å².